The fraction of sp³-hybridized carbons (Fsp3) is 0.857. The van der Waals surface area contributed by atoms with Crippen LogP contribution < -0.4 is 11.1 Å². The topological polar surface area (TPSA) is 73.6 Å². The van der Waals surface area contributed by atoms with Gasteiger partial charge in [-0.05, 0) is 0 Å². The molecule has 0 saturated carbocycles. The number of carbonyl (C=O) groups is 1. The molecule has 0 radical (unpaired) electrons. The monoisotopic (exact) mass is 174 g/mol. The number of hydrogen-bond acceptors (Lipinski definition) is 5. The van der Waals surface area contributed by atoms with E-state index in [1.807, 2.05) is 0 Å². The number of nitrogens with one attached hydrogen (secondary N) is 1. The van der Waals surface area contributed by atoms with Crippen LogP contribution in [0.3, 0.4) is 0 Å². The van der Waals surface area contributed by atoms with Crippen molar-refractivity contribution in [3.8, 4) is 0 Å². The number of esters is 1. The first-order chi connectivity index (χ1) is 5.69. The summed E-state index contributed by atoms with van der Waals surface area (Å²) < 4.78 is 9.71. The zero-order valence-electron chi connectivity index (χ0n) is 7.13. The molecule has 0 aliphatic carbocycles. The van der Waals surface area contributed by atoms with E-state index in [1.54, 1.807) is 0 Å². The summed E-state index contributed by atoms with van der Waals surface area (Å²) in [5.41, 5.74) is 4.73. The van der Waals surface area contributed by atoms with E-state index in [9.17, 15) is 4.79 Å². The van der Waals surface area contributed by atoms with Crippen molar-refractivity contribution in [2.24, 2.45) is 5.73 Å². The van der Waals surface area contributed by atoms with Crippen molar-refractivity contribution in [3.05, 3.63) is 0 Å². The Morgan fingerprint density at radius 2 is 2.50 bits per heavy atom. The van der Waals surface area contributed by atoms with Crippen molar-refractivity contribution in [3.63, 3.8) is 0 Å². The predicted octanol–water partition coefficient (Wildman–Crippen LogP) is -1.52. The first-order valence-electron chi connectivity index (χ1n) is 3.85. The Morgan fingerprint density at radius 3 is 3.17 bits per heavy atom. The van der Waals surface area contributed by atoms with E-state index < -0.39 is 11.5 Å². The Labute approximate surface area is 71.2 Å². The van der Waals surface area contributed by atoms with E-state index in [0.717, 1.165) is 6.54 Å². The Balaban J connectivity index is 2.59. The molecular weight excluding hydrogens is 160 g/mol. The van der Waals surface area contributed by atoms with Crippen LogP contribution in [-0.2, 0) is 14.3 Å². The highest BCUT2D eigenvalue weighted by atomic mass is 16.5. The fourth-order valence-electron chi connectivity index (χ4n) is 1.10. The first kappa shape index (κ1) is 9.44. The highest BCUT2D eigenvalue weighted by Crippen LogP contribution is 2.05. The fourth-order valence-corrected chi connectivity index (χ4v) is 1.10. The summed E-state index contributed by atoms with van der Waals surface area (Å²) in [6, 6.07) is 0. The molecule has 1 atom stereocenters. The normalized spacial score (nSPS) is 30.8. The molecule has 1 aliphatic rings. The minimum absolute atomic E-state index is 0.215. The first-order valence-corrected chi connectivity index (χ1v) is 3.85. The van der Waals surface area contributed by atoms with Gasteiger partial charge in [0.25, 0.3) is 0 Å². The average Bonchev–Trinajstić information content (AvgIpc) is 2.29. The molecule has 1 heterocycles. The van der Waals surface area contributed by atoms with Gasteiger partial charge in [-0.25, -0.2) is 4.79 Å². The van der Waals surface area contributed by atoms with Gasteiger partial charge in [0, 0.05) is 13.1 Å². The van der Waals surface area contributed by atoms with Gasteiger partial charge in [-0.2, -0.15) is 0 Å². The molecule has 1 unspecified atom stereocenters. The number of carbonyl (C=O) groups excluding carboxylic acids is 1. The van der Waals surface area contributed by atoms with E-state index in [1.165, 1.54) is 7.11 Å². The van der Waals surface area contributed by atoms with Crippen LogP contribution >= 0.6 is 0 Å². The number of methoxy groups -OCH3 is 1. The Kier molecular flexibility index (Phi) is 3.02. The van der Waals surface area contributed by atoms with Gasteiger partial charge in [0.2, 0.25) is 0 Å². The average molecular weight is 174 g/mol. The molecular formula is C7H14N2O3. The molecule has 3 N–H and O–H groups in total. The van der Waals surface area contributed by atoms with E-state index in [4.69, 9.17) is 10.5 Å². The summed E-state index contributed by atoms with van der Waals surface area (Å²) in [5.74, 6) is -0.433. The Morgan fingerprint density at radius 1 is 1.75 bits per heavy atom. The predicted molar refractivity (Wildman–Crippen MR) is 42.6 cm³/mol. The molecule has 1 saturated heterocycles. The lowest BCUT2D eigenvalue weighted by Crippen LogP contribution is -2.57. The Bertz CT molecular complexity index is 164. The van der Waals surface area contributed by atoms with Gasteiger partial charge in [0.1, 0.15) is 0 Å². The highest BCUT2D eigenvalue weighted by molar-refractivity contribution is 5.81. The van der Waals surface area contributed by atoms with Crippen molar-refractivity contribution in [2.75, 3.05) is 33.4 Å². The summed E-state index contributed by atoms with van der Waals surface area (Å²) in [7, 11) is 1.32. The SMILES string of the molecule is COC(=O)C1(N)CNCCOC1. The highest BCUT2D eigenvalue weighted by Gasteiger charge is 2.36. The maximum atomic E-state index is 11.2. The van der Waals surface area contributed by atoms with Crippen molar-refractivity contribution in [2.45, 2.75) is 5.54 Å². The van der Waals surface area contributed by atoms with Crippen LogP contribution in [0.4, 0.5) is 0 Å². The van der Waals surface area contributed by atoms with E-state index in [-0.39, 0.29) is 6.61 Å². The van der Waals surface area contributed by atoms with Crippen molar-refractivity contribution in [1.29, 1.82) is 0 Å². The quantitative estimate of drug-likeness (QED) is 0.472. The second kappa shape index (κ2) is 3.84. The van der Waals surface area contributed by atoms with Crippen LogP contribution in [0.2, 0.25) is 0 Å². The summed E-state index contributed by atoms with van der Waals surface area (Å²) in [5, 5.41) is 3.00. The third-order valence-corrected chi connectivity index (χ3v) is 1.82. The lowest BCUT2D eigenvalue weighted by Gasteiger charge is -2.23. The minimum atomic E-state index is -1.02. The van der Waals surface area contributed by atoms with Crippen molar-refractivity contribution in [1.82, 2.24) is 5.32 Å². The van der Waals surface area contributed by atoms with E-state index in [0.29, 0.717) is 13.2 Å². The molecule has 0 aromatic carbocycles. The molecule has 12 heavy (non-hydrogen) atoms. The summed E-state index contributed by atoms with van der Waals surface area (Å²) in [4.78, 5) is 11.2. The maximum absolute atomic E-state index is 11.2. The van der Waals surface area contributed by atoms with Crippen LogP contribution in [0.15, 0.2) is 0 Å². The van der Waals surface area contributed by atoms with Gasteiger partial charge in [0.15, 0.2) is 5.54 Å². The van der Waals surface area contributed by atoms with Gasteiger partial charge in [0.05, 0.1) is 20.3 Å². The van der Waals surface area contributed by atoms with Crippen LogP contribution in [-0.4, -0.2) is 44.9 Å². The van der Waals surface area contributed by atoms with E-state index >= 15 is 0 Å². The van der Waals surface area contributed by atoms with Gasteiger partial charge in [-0.1, -0.05) is 0 Å². The van der Waals surface area contributed by atoms with Crippen molar-refractivity contribution >= 4 is 5.97 Å². The molecule has 1 aliphatic heterocycles. The zero-order valence-corrected chi connectivity index (χ0v) is 7.13. The smallest absolute Gasteiger partial charge is 0.329 e. The summed E-state index contributed by atoms with van der Waals surface area (Å²) >= 11 is 0. The second-order valence-corrected chi connectivity index (χ2v) is 2.88. The number of rotatable bonds is 1. The molecule has 0 aromatic rings. The number of ether oxygens (including phenoxy) is 2. The lowest BCUT2D eigenvalue weighted by atomic mass is 10.0. The van der Waals surface area contributed by atoms with Gasteiger partial charge >= 0.3 is 5.97 Å². The lowest BCUT2D eigenvalue weighted by molar-refractivity contribution is -0.148. The third kappa shape index (κ3) is 1.94. The minimum Gasteiger partial charge on any atom is -0.468 e. The van der Waals surface area contributed by atoms with Gasteiger partial charge in [-0.15, -0.1) is 0 Å². The standard InChI is InChI=1S/C7H14N2O3/c1-11-6(10)7(8)4-9-2-3-12-5-7/h9H,2-5,8H2,1H3. The second-order valence-electron chi connectivity index (χ2n) is 2.88. The molecule has 70 valence electrons. The molecule has 0 aromatic heterocycles. The zero-order chi connectivity index (χ0) is 9.03. The molecule has 0 bridgehead atoms. The van der Waals surface area contributed by atoms with Crippen LogP contribution in [0.25, 0.3) is 0 Å². The van der Waals surface area contributed by atoms with Gasteiger partial charge < -0.3 is 20.5 Å². The number of hydrogen-bond donors (Lipinski definition) is 2. The van der Waals surface area contributed by atoms with Crippen LogP contribution in [0.1, 0.15) is 0 Å². The summed E-state index contributed by atoms with van der Waals surface area (Å²) in [6.45, 7) is 1.91. The molecule has 5 nitrogen and oxygen atoms in total. The summed E-state index contributed by atoms with van der Waals surface area (Å²) in [6.07, 6.45) is 0. The molecule has 0 amide bonds. The molecule has 0 spiro atoms. The Hall–Kier alpha value is -0.650. The van der Waals surface area contributed by atoms with E-state index in [2.05, 4.69) is 10.1 Å². The van der Waals surface area contributed by atoms with Gasteiger partial charge in [-0.3, -0.25) is 0 Å². The largest absolute Gasteiger partial charge is 0.468 e. The van der Waals surface area contributed by atoms with Crippen molar-refractivity contribution < 1.29 is 14.3 Å². The number of nitrogens with two attached hydrogens (primary N) is 1. The maximum Gasteiger partial charge on any atom is 0.329 e. The molecule has 1 rings (SSSR count). The molecule has 5 heteroatoms. The molecule has 1 fully saturated rings. The third-order valence-electron chi connectivity index (χ3n) is 1.82. The van der Waals surface area contributed by atoms with Crippen LogP contribution in [0, 0.1) is 0 Å². The van der Waals surface area contributed by atoms with Crippen LogP contribution in [0.5, 0.6) is 0 Å².